The summed E-state index contributed by atoms with van der Waals surface area (Å²) >= 11 is 0. The Kier molecular flexibility index (Phi) is 8.10. The molecule has 124 valence electrons. The van der Waals surface area contributed by atoms with Crippen molar-refractivity contribution >= 4 is 0 Å². The lowest BCUT2D eigenvalue weighted by atomic mass is 9.88. The molecule has 0 saturated heterocycles. The summed E-state index contributed by atoms with van der Waals surface area (Å²) in [5.74, 6) is 0.814. The zero-order valence-electron chi connectivity index (χ0n) is 14.4. The maximum absolute atomic E-state index is 5.68. The van der Waals surface area contributed by atoms with Crippen molar-refractivity contribution in [3.8, 4) is 0 Å². The Labute approximate surface area is 132 Å². The highest BCUT2D eigenvalue weighted by Gasteiger charge is 2.28. The molecule has 0 amide bonds. The minimum absolute atomic E-state index is 0.814. The molecule has 0 radical (unpaired) electrons. The van der Waals surface area contributed by atoms with Crippen LogP contribution in [-0.4, -0.2) is 30.1 Å². The van der Waals surface area contributed by atoms with Crippen molar-refractivity contribution in [1.29, 1.82) is 0 Å². The van der Waals surface area contributed by atoms with Gasteiger partial charge in [-0.05, 0) is 64.0 Å². The first-order chi connectivity index (χ1) is 10.3. The zero-order chi connectivity index (χ0) is 14.9. The topological polar surface area (TPSA) is 29.3 Å². The summed E-state index contributed by atoms with van der Waals surface area (Å²) < 4.78 is 0. The van der Waals surface area contributed by atoms with E-state index in [-0.39, 0.29) is 0 Å². The highest BCUT2D eigenvalue weighted by atomic mass is 15.2. The average molecular weight is 295 g/mol. The van der Waals surface area contributed by atoms with E-state index in [0.29, 0.717) is 0 Å². The third-order valence-electron chi connectivity index (χ3n) is 5.86. The second kappa shape index (κ2) is 9.84. The molecule has 2 rings (SSSR count). The predicted molar refractivity (Wildman–Crippen MR) is 92.5 cm³/mol. The first kappa shape index (κ1) is 17.3. The lowest BCUT2D eigenvalue weighted by Gasteiger charge is -2.42. The van der Waals surface area contributed by atoms with Crippen LogP contribution >= 0.6 is 0 Å². The molecule has 2 N–H and O–H groups in total. The molecule has 0 aromatic heterocycles. The van der Waals surface area contributed by atoms with Crippen LogP contribution in [0.2, 0.25) is 0 Å². The minimum Gasteiger partial charge on any atom is -0.330 e. The quantitative estimate of drug-likeness (QED) is 0.702. The largest absolute Gasteiger partial charge is 0.330 e. The van der Waals surface area contributed by atoms with Gasteiger partial charge >= 0.3 is 0 Å². The molecule has 2 aliphatic carbocycles. The lowest BCUT2D eigenvalue weighted by Crippen LogP contribution is -2.45. The van der Waals surface area contributed by atoms with E-state index in [1.54, 1.807) is 0 Å². The zero-order valence-corrected chi connectivity index (χ0v) is 14.4. The summed E-state index contributed by atoms with van der Waals surface area (Å²) in [7, 11) is 0. The van der Waals surface area contributed by atoms with E-state index in [1.807, 2.05) is 0 Å². The number of rotatable bonds is 8. The van der Waals surface area contributed by atoms with Gasteiger partial charge in [-0.15, -0.1) is 0 Å². The number of nitrogens with two attached hydrogens (primary N) is 1. The number of nitrogens with zero attached hydrogens (tertiary/aromatic N) is 1. The Hall–Kier alpha value is -0.0800. The normalized spacial score (nSPS) is 23.6. The second-order valence-corrected chi connectivity index (χ2v) is 7.65. The molecule has 0 bridgehead atoms. The Bertz CT molecular complexity index is 236. The van der Waals surface area contributed by atoms with Gasteiger partial charge < -0.3 is 5.73 Å². The second-order valence-electron chi connectivity index (χ2n) is 7.65. The van der Waals surface area contributed by atoms with Crippen molar-refractivity contribution in [2.75, 3.05) is 13.1 Å². The van der Waals surface area contributed by atoms with Gasteiger partial charge in [0, 0.05) is 12.1 Å². The van der Waals surface area contributed by atoms with Crippen molar-refractivity contribution in [2.24, 2.45) is 11.7 Å². The van der Waals surface area contributed by atoms with E-state index < -0.39 is 0 Å². The van der Waals surface area contributed by atoms with Crippen LogP contribution in [0.4, 0.5) is 0 Å². The van der Waals surface area contributed by atoms with Crippen LogP contribution in [0.3, 0.4) is 0 Å². The summed E-state index contributed by atoms with van der Waals surface area (Å²) in [6.07, 6.45) is 18.6. The van der Waals surface area contributed by atoms with E-state index in [1.165, 1.54) is 90.0 Å². The fraction of sp³-hybridized carbons (Fsp3) is 1.00. The molecule has 0 aromatic rings. The monoisotopic (exact) mass is 294 g/mol. The van der Waals surface area contributed by atoms with Gasteiger partial charge in [-0.1, -0.05) is 45.4 Å². The van der Waals surface area contributed by atoms with Gasteiger partial charge in [-0.25, -0.2) is 0 Å². The molecule has 2 heteroatoms. The predicted octanol–water partition coefficient (Wildman–Crippen LogP) is 4.72. The van der Waals surface area contributed by atoms with Crippen molar-refractivity contribution < 1.29 is 0 Å². The molecular weight excluding hydrogens is 256 g/mol. The van der Waals surface area contributed by atoms with Crippen LogP contribution in [0.1, 0.15) is 90.4 Å². The third-order valence-corrected chi connectivity index (χ3v) is 5.86. The average Bonchev–Trinajstić information content (AvgIpc) is 2.53. The molecule has 2 aliphatic rings. The van der Waals surface area contributed by atoms with Crippen LogP contribution in [-0.2, 0) is 0 Å². The molecule has 0 heterocycles. The summed E-state index contributed by atoms with van der Waals surface area (Å²) in [6.45, 7) is 4.58. The van der Waals surface area contributed by atoms with Gasteiger partial charge in [0.15, 0.2) is 0 Å². The fourth-order valence-corrected chi connectivity index (χ4v) is 4.54. The first-order valence-electron chi connectivity index (χ1n) is 9.77. The molecular formula is C19H38N2. The maximum atomic E-state index is 5.68. The Balaban J connectivity index is 1.82. The summed E-state index contributed by atoms with van der Waals surface area (Å²) in [4.78, 5) is 2.95. The third kappa shape index (κ3) is 5.90. The molecule has 0 aromatic carbocycles. The summed E-state index contributed by atoms with van der Waals surface area (Å²) in [6, 6.07) is 1.82. The van der Waals surface area contributed by atoms with Crippen LogP contribution in [0.5, 0.6) is 0 Å². The first-order valence-corrected chi connectivity index (χ1v) is 9.77. The van der Waals surface area contributed by atoms with Crippen molar-refractivity contribution in [3.63, 3.8) is 0 Å². The van der Waals surface area contributed by atoms with Gasteiger partial charge in [0.25, 0.3) is 0 Å². The van der Waals surface area contributed by atoms with Gasteiger partial charge in [0.1, 0.15) is 0 Å². The maximum Gasteiger partial charge on any atom is 0.00981 e. The van der Waals surface area contributed by atoms with E-state index in [0.717, 1.165) is 24.5 Å². The van der Waals surface area contributed by atoms with E-state index in [4.69, 9.17) is 5.73 Å². The SMILES string of the molecule is CC(CCN)CCCN(C1CCCCC1)C1CCCCC1. The molecule has 2 nitrogen and oxygen atoms in total. The van der Waals surface area contributed by atoms with E-state index in [9.17, 15) is 0 Å². The van der Waals surface area contributed by atoms with Gasteiger partial charge in [-0.3, -0.25) is 4.90 Å². The summed E-state index contributed by atoms with van der Waals surface area (Å²) in [5, 5.41) is 0. The van der Waals surface area contributed by atoms with Gasteiger partial charge in [0.2, 0.25) is 0 Å². The van der Waals surface area contributed by atoms with Crippen molar-refractivity contribution in [1.82, 2.24) is 4.90 Å². The molecule has 21 heavy (non-hydrogen) atoms. The molecule has 1 atom stereocenters. The number of hydrogen-bond donors (Lipinski definition) is 1. The molecule has 1 unspecified atom stereocenters. The van der Waals surface area contributed by atoms with Gasteiger partial charge in [-0.2, -0.15) is 0 Å². The van der Waals surface area contributed by atoms with Crippen LogP contribution in [0.15, 0.2) is 0 Å². The summed E-state index contributed by atoms with van der Waals surface area (Å²) in [5.41, 5.74) is 5.68. The Morgan fingerprint density at radius 2 is 1.38 bits per heavy atom. The van der Waals surface area contributed by atoms with Gasteiger partial charge in [0.05, 0.1) is 0 Å². The van der Waals surface area contributed by atoms with E-state index >= 15 is 0 Å². The fourth-order valence-electron chi connectivity index (χ4n) is 4.54. The molecule has 0 aliphatic heterocycles. The lowest BCUT2D eigenvalue weighted by molar-refractivity contribution is 0.0777. The minimum atomic E-state index is 0.814. The Morgan fingerprint density at radius 1 is 0.857 bits per heavy atom. The number of hydrogen-bond acceptors (Lipinski definition) is 2. The standard InChI is InChI=1S/C19H38N2/c1-17(14-15-20)9-8-16-21(18-10-4-2-5-11-18)19-12-6-3-7-13-19/h17-19H,2-16,20H2,1H3. The molecule has 2 saturated carbocycles. The van der Waals surface area contributed by atoms with Crippen molar-refractivity contribution in [3.05, 3.63) is 0 Å². The van der Waals surface area contributed by atoms with E-state index in [2.05, 4.69) is 11.8 Å². The molecule has 0 spiro atoms. The van der Waals surface area contributed by atoms with Crippen LogP contribution in [0, 0.1) is 5.92 Å². The van der Waals surface area contributed by atoms with Crippen molar-refractivity contribution in [2.45, 2.75) is 102 Å². The highest BCUT2D eigenvalue weighted by molar-refractivity contribution is 4.83. The Morgan fingerprint density at radius 3 is 1.86 bits per heavy atom. The smallest absolute Gasteiger partial charge is 0.00981 e. The molecule has 2 fully saturated rings. The highest BCUT2D eigenvalue weighted by Crippen LogP contribution is 2.30. The van der Waals surface area contributed by atoms with Crippen LogP contribution < -0.4 is 5.73 Å². The van der Waals surface area contributed by atoms with Crippen LogP contribution in [0.25, 0.3) is 0 Å².